The van der Waals surface area contributed by atoms with E-state index >= 15 is 0 Å². The molecule has 7 heteroatoms. The third-order valence-corrected chi connectivity index (χ3v) is 3.57. The fourth-order valence-electron chi connectivity index (χ4n) is 2.09. The molecule has 0 aliphatic heterocycles. The topological polar surface area (TPSA) is 74.5 Å². The lowest BCUT2D eigenvalue weighted by Gasteiger charge is -2.07. The molecular formula is C12H13BrN6. The number of fused-ring (bicyclic) bond motifs is 1. The molecule has 0 aliphatic rings. The normalized spacial score (nSPS) is 11.3. The average molecular weight is 321 g/mol. The number of halogens is 1. The molecule has 0 atom stereocenters. The highest BCUT2D eigenvalue weighted by Gasteiger charge is 2.11. The Labute approximate surface area is 118 Å². The van der Waals surface area contributed by atoms with Gasteiger partial charge in [0, 0.05) is 11.0 Å². The second-order valence-electron chi connectivity index (χ2n) is 4.22. The summed E-state index contributed by atoms with van der Waals surface area (Å²) in [5, 5.41) is 8.06. The molecule has 0 fully saturated rings. The van der Waals surface area contributed by atoms with Gasteiger partial charge in [-0.05, 0) is 25.1 Å². The van der Waals surface area contributed by atoms with Gasteiger partial charge in [0.25, 0.3) is 0 Å². The highest BCUT2D eigenvalue weighted by molar-refractivity contribution is 9.10. The maximum atomic E-state index is 5.99. The van der Waals surface area contributed by atoms with Crippen LogP contribution in [0.15, 0.2) is 29.0 Å². The highest BCUT2D eigenvalue weighted by Crippen LogP contribution is 2.22. The minimum absolute atomic E-state index is 0.485. The number of hydrogen-bond donors (Lipinski definition) is 1. The molecule has 0 amide bonds. The second-order valence-corrected chi connectivity index (χ2v) is 5.14. The second kappa shape index (κ2) is 4.65. The van der Waals surface area contributed by atoms with Gasteiger partial charge in [-0.15, -0.1) is 10.2 Å². The Morgan fingerprint density at radius 3 is 3.00 bits per heavy atom. The van der Waals surface area contributed by atoms with Crippen molar-refractivity contribution in [3.63, 3.8) is 0 Å². The van der Waals surface area contributed by atoms with E-state index in [1.165, 1.54) is 0 Å². The Kier molecular flexibility index (Phi) is 2.98. The largest absolute Gasteiger partial charge is 0.369 e. The molecule has 98 valence electrons. The summed E-state index contributed by atoms with van der Waals surface area (Å²) in [5.74, 6) is 1.35. The molecule has 2 aromatic heterocycles. The SMILES string of the molecule is CCn1cnnc1Cn1c(N)nc2ccc(Br)cc21. The zero-order valence-corrected chi connectivity index (χ0v) is 12.0. The Bertz CT molecular complexity index is 729. The van der Waals surface area contributed by atoms with Gasteiger partial charge in [0.15, 0.2) is 5.82 Å². The van der Waals surface area contributed by atoms with Crippen molar-refractivity contribution >= 4 is 32.9 Å². The molecule has 0 unspecified atom stereocenters. The predicted octanol–water partition coefficient (Wildman–Crippen LogP) is 2.04. The maximum Gasteiger partial charge on any atom is 0.201 e. The molecular weight excluding hydrogens is 308 g/mol. The van der Waals surface area contributed by atoms with Crippen molar-refractivity contribution in [1.82, 2.24) is 24.3 Å². The zero-order valence-electron chi connectivity index (χ0n) is 10.4. The van der Waals surface area contributed by atoms with Gasteiger partial charge < -0.3 is 14.9 Å². The van der Waals surface area contributed by atoms with E-state index in [-0.39, 0.29) is 0 Å². The van der Waals surface area contributed by atoms with E-state index in [0.29, 0.717) is 12.5 Å². The minimum atomic E-state index is 0.485. The van der Waals surface area contributed by atoms with E-state index in [0.717, 1.165) is 27.9 Å². The third-order valence-electron chi connectivity index (χ3n) is 3.08. The van der Waals surface area contributed by atoms with Gasteiger partial charge in [-0.3, -0.25) is 0 Å². The number of nitrogen functional groups attached to an aromatic ring is 1. The van der Waals surface area contributed by atoms with Crippen molar-refractivity contribution in [3.05, 3.63) is 34.8 Å². The van der Waals surface area contributed by atoms with Crippen LogP contribution in [0.25, 0.3) is 11.0 Å². The van der Waals surface area contributed by atoms with Crippen LogP contribution in [-0.2, 0) is 13.1 Å². The van der Waals surface area contributed by atoms with Crippen molar-refractivity contribution < 1.29 is 0 Å². The molecule has 0 aliphatic carbocycles. The standard InChI is InChI=1S/C12H13BrN6/c1-2-18-7-15-17-11(18)6-19-10-5-8(13)3-4-9(10)16-12(19)14/h3-5,7H,2,6H2,1H3,(H2,14,16). The van der Waals surface area contributed by atoms with Crippen molar-refractivity contribution in [1.29, 1.82) is 0 Å². The first-order chi connectivity index (χ1) is 9.19. The molecule has 0 saturated heterocycles. The molecule has 2 heterocycles. The molecule has 2 N–H and O–H groups in total. The molecule has 0 spiro atoms. The Morgan fingerprint density at radius 1 is 1.37 bits per heavy atom. The number of hydrogen-bond acceptors (Lipinski definition) is 4. The van der Waals surface area contributed by atoms with Gasteiger partial charge in [0.05, 0.1) is 17.6 Å². The third kappa shape index (κ3) is 2.10. The van der Waals surface area contributed by atoms with Crippen LogP contribution >= 0.6 is 15.9 Å². The lowest BCUT2D eigenvalue weighted by Crippen LogP contribution is -2.10. The van der Waals surface area contributed by atoms with Crippen LogP contribution in [-0.4, -0.2) is 24.3 Å². The average Bonchev–Trinajstić information content (AvgIpc) is 2.96. The van der Waals surface area contributed by atoms with Crippen molar-refractivity contribution in [2.75, 3.05) is 5.73 Å². The fourth-order valence-corrected chi connectivity index (χ4v) is 2.44. The Morgan fingerprint density at radius 2 is 2.21 bits per heavy atom. The molecule has 1 aromatic carbocycles. The number of aryl methyl sites for hydroxylation is 1. The highest BCUT2D eigenvalue weighted by atomic mass is 79.9. The van der Waals surface area contributed by atoms with Crippen LogP contribution in [0.3, 0.4) is 0 Å². The first kappa shape index (κ1) is 12.2. The smallest absolute Gasteiger partial charge is 0.201 e. The van der Waals surface area contributed by atoms with Crippen LogP contribution in [0.1, 0.15) is 12.7 Å². The van der Waals surface area contributed by atoms with E-state index in [2.05, 4.69) is 38.0 Å². The van der Waals surface area contributed by atoms with Crippen LogP contribution in [0.4, 0.5) is 5.95 Å². The number of nitrogens with zero attached hydrogens (tertiary/aromatic N) is 5. The number of anilines is 1. The van der Waals surface area contributed by atoms with Crippen LogP contribution in [0.5, 0.6) is 0 Å². The van der Waals surface area contributed by atoms with Crippen LogP contribution < -0.4 is 5.73 Å². The van der Waals surface area contributed by atoms with Crippen molar-refractivity contribution in [2.24, 2.45) is 0 Å². The molecule has 6 nitrogen and oxygen atoms in total. The monoisotopic (exact) mass is 320 g/mol. The summed E-state index contributed by atoms with van der Waals surface area (Å²) < 4.78 is 4.93. The quantitative estimate of drug-likeness (QED) is 0.801. The van der Waals surface area contributed by atoms with Gasteiger partial charge in [-0.25, -0.2) is 4.98 Å². The Hall–Kier alpha value is -1.89. The first-order valence-corrected chi connectivity index (χ1v) is 6.76. The summed E-state index contributed by atoms with van der Waals surface area (Å²) in [4.78, 5) is 4.35. The first-order valence-electron chi connectivity index (χ1n) is 5.97. The summed E-state index contributed by atoms with van der Waals surface area (Å²) >= 11 is 3.47. The maximum absolute atomic E-state index is 5.99. The minimum Gasteiger partial charge on any atom is -0.369 e. The number of rotatable bonds is 3. The summed E-state index contributed by atoms with van der Waals surface area (Å²) in [6.07, 6.45) is 1.72. The number of nitrogens with two attached hydrogens (primary N) is 1. The van der Waals surface area contributed by atoms with Gasteiger partial charge in [-0.1, -0.05) is 15.9 Å². The van der Waals surface area contributed by atoms with E-state index in [9.17, 15) is 0 Å². The van der Waals surface area contributed by atoms with Crippen LogP contribution in [0, 0.1) is 0 Å². The lowest BCUT2D eigenvalue weighted by atomic mass is 10.3. The zero-order chi connectivity index (χ0) is 13.4. The number of benzene rings is 1. The summed E-state index contributed by atoms with van der Waals surface area (Å²) in [6, 6.07) is 5.90. The molecule has 3 aromatic rings. The molecule has 19 heavy (non-hydrogen) atoms. The van der Waals surface area contributed by atoms with E-state index in [1.54, 1.807) is 6.33 Å². The molecule has 0 saturated carbocycles. The molecule has 0 bridgehead atoms. The van der Waals surface area contributed by atoms with Gasteiger partial charge in [0.2, 0.25) is 5.95 Å². The molecule has 0 radical (unpaired) electrons. The van der Waals surface area contributed by atoms with E-state index < -0.39 is 0 Å². The van der Waals surface area contributed by atoms with E-state index in [1.807, 2.05) is 27.3 Å². The summed E-state index contributed by atoms with van der Waals surface area (Å²) in [7, 11) is 0. The van der Waals surface area contributed by atoms with Gasteiger partial charge in [0.1, 0.15) is 6.33 Å². The van der Waals surface area contributed by atoms with Gasteiger partial charge in [-0.2, -0.15) is 0 Å². The lowest BCUT2D eigenvalue weighted by molar-refractivity contribution is 0.663. The van der Waals surface area contributed by atoms with Crippen molar-refractivity contribution in [2.45, 2.75) is 20.0 Å². The van der Waals surface area contributed by atoms with Crippen LogP contribution in [0.2, 0.25) is 0 Å². The predicted molar refractivity (Wildman–Crippen MR) is 76.6 cm³/mol. The summed E-state index contributed by atoms with van der Waals surface area (Å²) in [6.45, 7) is 3.45. The number of aromatic nitrogens is 5. The fraction of sp³-hybridized carbons (Fsp3) is 0.250. The van der Waals surface area contributed by atoms with E-state index in [4.69, 9.17) is 5.73 Å². The van der Waals surface area contributed by atoms with Gasteiger partial charge >= 0.3 is 0 Å². The number of imidazole rings is 1. The summed E-state index contributed by atoms with van der Waals surface area (Å²) in [5.41, 5.74) is 7.85. The Balaban J connectivity index is 2.09. The van der Waals surface area contributed by atoms with Crippen molar-refractivity contribution in [3.8, 4) is 0 Å². The molecule has 3 rings (SSSR count).